The lowest BCUT2D eigenvalue weighted by molar-refractivity contribution is -0.257. The molecule has 0 N–H and O–H groups in total. The minimum atomic E-state index is -1.37. The smallest absolute Gasteiger partial charge is 0.336 e. The van der Waals surface area contributed by atoms with Crippen LogP contribution in [0.3, 0.4) is 0 Å². The molecule has 0 saturated carbocycles. The summed E-state index contributed by atoms with van der Waals surface area (Å²) in [6, 6.07) is 8.11. The topological polar surface area (TPSA) is 92.7 Å². The predicted molar refractivity (Wildman–Crippen MR) is 84.0 cm³/mol. The van der Waals surface area contributed by atoms with Crippen LogP contribution in [0.5, 0.6) is 5.75 Å². The fraction of sp³-hybridized carbons (Fsp3) is 0.222. The second kappa shape index (κ2) is 6.23. The zero-order chi connectivity index (χ0) is 17.3. The third kappa shape index (κ3) is 3.03. The predicted octanol–water partition coefficient (Wildman–Crippen LogP) is 2.20. The molecule has 0 aliphatic rings. The van der Waals surface area contributed by atoms with Crippen LogP contribution in [0, 0.1) is 6.92 Å². The number of ether oxygens (including phenoxy) is 1. The maximum Gasteiger partial charge on any atom is 0.336 e. The highest BCUT2D eigenvalue weighted by atomic mass is 16.5. The number of furan rings is 1. The van der Waals surface area contributed by atoms with Crippen molar-refractivity contribution >= 4 is 16.9 Å². The van der Waals surface area contributed by atoms with Gasteiger partial charge in [-0.1, -0.05) is 6.92 Å². The minimum absolute atomic E-state index is 0.131. The van der Waals surface area contributed by atoms with Crippen LogP contribution in [-0.2, 0) is 13.0 Å². The fourth-order valence-electron chi connectivity index (χ4n) is 2.52. The van der Waals surface area contributed by atoms with E-state index in [2.05, 4.69) is 0 Å². The van der Waals surface area contributed by atoms with Crippen molar-refractivity contribution in [3.8, 4) is 5.75 Å². The van der Waals surface area contributed by atoms with E-state index in [1.165, 1.54) is 12.1 Å². The third-order valence-corrected chi connectivity index (χ3v) is 3.80. The first-order valence-electron chi connectivity index (χ1n) is 7.48. The van der Waals surface area contributed by atoms with Gasteiger partial charge in [-0.25, -0.2) is 4.79 Å². The zero-order valence-electron chi connectivity index (χ0n) is 13.3. The third-order valence-electron chi connectivity index (χ3n) is 3.80. The number of carboxylic acids is 1. The highest BCUT2D eigenvalue weighted by molar-refractivity contribution is 5.83. The lowest BCUT2D eigenvalue weighted by Crippen LogP contribution is -2.21. The molecule has 2 heterocycles. The first-order valence-corrected chi connectivity index (χ1v) is 7.48. The summed E-state index contributed by atoms with van der Waals surface area (Å²) in [6.07, 6.45) is 0.725. The lowest BCUT2D eigenvalue weighted by atomic mass is 10.1. The number of hydrogen-bond acceptors (Lipinski definition) is 6. The molecule has 0 bridgehead atoms. The van der Waals surface area contributed by atoms with Gasteiger partial charge in [-0.2, -0.15) is 0 Å². The minimum Gasteiger partial charge on any atom is -0.542 e. The molecular weight excluding hydrogens is 312 g/mol. The normalized spacial score (nSPS) is 10.9. The Morgan fingerprint density at radius 2 is 1.96 bits per heavy atom. The summed E-state index contributed by atoms with van der Waals surface area (Å²) in [5.74, 6) is -0.642. The van der Waals surface area contributed by atoms with Crippen molar-refractivity contribution in [2.45, 2.75) is 26.9 Å². The molecule has 0 spiro atoms. The summed E-state index contributed by atoms with van der Waals surface area (Å²) < 4.78 is 15.9. The number of aryl methyl sites for hydroxylation is 2. The number of hydrogen-bond donors (Lipinski definition) is 0. The van der Waals surface area contributed by atoms with Crippen LogP contribution in [-0.4, -0.2) is 5.97 Å². The number of benzene rings is 1. The van der Waals surface area contributed by atoms with Gasteiger partial charge in [0.2, 0.25) is 0 Å². The number of carbonyl (C=O) groups excluding carboxylic acids is 1. The summed E-state index contributed by atoms with van der Waals surface area (Å²) in [4.78, 5) is 22.4. The SMILES string of the molecule is CCc1cc(=O)oc2cc(OCc3cc(C(=O)[O-])oc3C)ccc12. The molecule has 1 aromatic carbocycles. The van der Waals surface area contributed by atoms with Crippen molar-refractivity contribution in [1.29, 1.82) is 0 Å². The Hall–Kier alpha value is -3.02. The van der Waals surface area contributed by atoms with E-state index in [4.69, 9.17) is 13.6 Å². The van der Waals surface area contributed by atoms with Gasteiger partial charge in [0.25, 0.3) is 0 Å². The molecule has 6 heteroatoms. The Morgan fingerprint density at radius 3 is 2.62 bits per heavy atom. The highest BCUT2D eigenvalue weighted by Gasteiger charge is 2.10. The average molecular weight is 327 g/mol. The molecule has 0 unspecified atom stereocenters. The van der Waals surface area contributed by atoms with Gasteiger partial charge in [0.1, 0.15) is 35.4 Å². The molecule has 6 nitrogen and oxygen atoms in total. The summed E-state index contributed by atoms with van der Waals surface area (Å²) in [6.45, 7) is 3.75. The van der Waals surface area contributed by atoms with Gasteiger partial charge < -0.3 is 23.5 Å². The van der Waals surface area contributed by atoms with Crippen LogP contribution >= 0.6 is 0 Å². The maximum atomic E-state index is 11.6. The Balaban J connectivity index is 1.86. The van der Waals surface area contributed by atoms with Crippen molar-refractivity contribution in [3.63, 3.8) is 0 Å². The quantitative estimate of drug-likeness (QED) is 0.667. The van der Waals surface area contributed by atoms with E-state index >= 15 is 0 Å². The van der Waals surface area contributed by atoms with E-state index in [0.717, 1.165) is 17.4 Å². The molecule has 3 aromatic rings. The zero-order valence-corrected chi connectivity index (χ0v) is 13.3. The molecule has 0 aliphatic heterocycles. The Kier molecular flexibility index (Phi) is 4.12. The number of carbonyl (C=O) groups is 1. The van der Waals surface area contributed by atoms with E-state index in [-0.39, 0.29) is 12.4 Å². The van der Waals surface area contributed by atoms with Gasteiger partial charge in [-0.05, 0) is 37.1 Å². The van der Waals surface area contributed by atoms with Gasteiger partial charge in [-0.3, -0.25) is 0 Å². The van der Waals surface area contributed by atoms with E-state index in [0.29, 0.717) is 22.7 Å². The Morgan fingerprint density at radius 1 is 1.17 bits per heavy atom. The van der Waals surface area contributed by atoms with Crippen molar-refractivity contribution in [2.75, 3.05) is 0 Å². The van der Waals surface area contributed by atoms with Gasteiger partial charge >= 0.3 is 5.63 Å². The van der Waals surface area contributed by atoms with Crippen molar-refractivity contribution in [1.82, 2.24) is 0 Å². The monoisotopic (exact) mass is 327 g/mol. The number of rotatable bonds is 5. The maximum absolute atomic E-state index is 11.6. The first kappa shape index (κ1) is 15.9. The summed E-state index contributed by atoms with van der Waals surface area (Å²) >= 11 is 0. The fourth-order valence-corrected chi connectivity index (χ4v) is 2.52. The molecule has 0 amide bonds. The number of aromatic carboxylic acids is 1. The van der Waals surface area contributed by atoms with Crippen LogP contribution in [0.15, 0.2) is 44.0 Å². The van der Waals surface area contributed by atoms with Crippen LogP contribution in [0.4, 0.5) is 0 Å². The van der Waals surface area contributed by atoms with Crippen LogP contribution < -0.4 is 15.5 Å². The number of carboxylic acid groups (broad SMARTS) is 1. The molecule has 0 radical (unpaired) electrons. The van der Waals surface area contributed by atoms with Crippen molar-refractivity contribution in [2.24, 2.45) is 0 Å². The first-order chi connectivity index (χ1) is 11.5. The Labute approximate surface area is 137 Å². The Bertz CT molecular complexity index is 963. The van der Waals surface area contributed by atoms with Gasteiger partial charge in [-0.15, -0.1) is 0 Å². The molecule has 0 saturated heterocycles. The lowest BCUT2D eigenvalue weighted by Gasteiger charge is -2.07. The summed E-state index contributed by atoms with van der Waals surface area (Å²) in [7, 11) is 0. The van der Waals surface area contributed by atoms with Crippen molar-refractivity contribution in [3.05, 3.63) is 63.4 Å². The van der Waals surface area contributed by atoms with Crippen LogP contribution in [0.1, 0.15) is 34.4 Å². The number of fused-ring (bicyclic) bond motifs is 1. The van der Waals surface area contributed by atoms with Crippen LogP contribution in [0.2, 0.25) is 0 Å². The molecule has 0 aliphatic carbocycles. The van der Waals surface area contributed by atoms with Crippen LogP contribution in [0.25, 0.3) is 11.0 Å². The second-order valence-electron chi connectivity index (χ2n) is 5.37. The highest BCUT2D eigenvalue weighted by Crippen LogP contribution is 2.24. The van der Waals surface area contributed by atoms with Gasteiger partial charge in [0.15, 0.2) is 0 Å². The average Bonchev–Trinajstić information content (AvgIpc) is 2.93. The second-order valence-corrected chi connectivity index (χ2v) is 5.37. The molecule has 3 rings (SSSR count). The summed E-state index contributed by atoms with van der Waals surface area (Å²) in [5, 5.41) is 11.7. The van der Waals surface area contributed by atoms with Crippen molar-refractivity contribution < 1.29 is 23.5 Å². The molecular formula is C18H15O6-. The molecule has 2 aromatic heterocycles. The molecule has 0 atom stereocenters. The molecule has 24 heavy (non-hydrogen) atoms. The summed E-state index contributed by atoms with van der Waals surface area (Å²) in [5.41, 5.74) is 1.58. The van der Waals surface area contributed by atoms with E-state index < -0.39 is 11.6 Å². The molecule has 0 fully saturated rings. The standard InChI is InChI=1S/C18H16O6/c1-3-11-7-17(19)24-15-8-13(4-5-14(11)15)22-9-12-6-16(18(20)21)23-10(12)2/h4-8H,3,9H2,1-2H3,(H,20,21)/p-1. The van der Waals surface area contributed by atoms with Gasteiger partial charge in [0.05, 0.1) is 0 Å². The molecule has 124 valence electrons. The van der Waals surface area contributed by atoms with Gasteiger partial charge in [0, 0.05) is 23.1 Å². The van der Waals surface area contributed by atoms with E-state index in [1.54, 1.807) is 19.1 Å². The largest absolute Gasteiger partial charge is 0.542 e. The van der Waals surface area contributed by atoms with E-state index in [1.807, 2.05) is 13.0 Å². The van der Waals surface area contributed by atoms with E-state index in [9.17, 15) is 14.7 Å².